The number of aliphatic hydroxyl groups is 1. The van der Waals surface area contributed by atoms with E-state index in [1.807, 2.05) is 0 Å². The Morgan fingerprint density at radius 1 is 0.571 bits per heavy atom. The molecule has 4 nitrogen and oxygen atoms in total. The van der Waals surface area contributed by atoms with Gasteiger partial charge < -0.3 is 14.6 Å². The van der Waals surface area contributed by atoms with Gasteiger partial charge in [0.2, 0.25) is 0 Å². The summed E-state index contributed by atoms with van der Waals surface area (Å²) < 4.78 is 11.0. The van der Waals surface area contributed by atoms with E-state index in [4.69, 9.17) is 9.47 Å². The van der Waals surface area contributed by atoms with E-state index in [-0.39, 0.29) is 12.6 Å². The van der Waals surface area contributed by atoms with Crippen molar-refractivity contribution in [3.63, 3.8) is 0 Å². The summed E-state index contributed by atoms with van der Waals surface area (Å²) in [4.78, 5) is 12.0. The molecule has 0 aromatic rings. The van der Waals surface area contributed by atoms with Gasteiger partial charge >= 0.3 is 5.97 Å². The third-order valence-electron chi connectivity index (χ3n) is 6.93. The Morgan fingerprint density at radius 2 is 0.943 bits per heavy atom. The first-order chi connectivity index (χ1) is 17.2. The zero-order valence-electron chi connectivity index (χ0n) is 23.8. The normalized spacial score (nSPS) is 12.2. The molecule has 0 aliphatic carbocycles. The lowest BCUT2D eigenvalue weighted by Crippen LogP contribution is -2.27. The van der Waals surface area contributed by atoms with Crippen molar-refractivity contribution < 1.29 is 19.4 Å². The summed E-state index contributed by atoms with van der Waals surface area (Å²) in [6.45, 7) is 5.34. The van der Waals surface area contributed by atoms with Crippen molar-refractivity contribution in [2.45, 2.75) is 174 Å². The molecular formula is C31H62O4. The molecule has 1 N–H and O–H groups in total. The van der Waals surface area contributed by atoms with Gasteiger partial charge in [-0.2, -0.15) is 0 Å². The highest BCUT2D eigenvalue weighted by atomic mass is 16.6. The van der Waals surface area contributed by atoms with Gasteiger partial charge in [0.15, 0.2) is 0 Å². The fraction of sp³-hybridized carbons (Fsp3) is 0.968. The summed E-state index contributed by atoms with van der Waals surface area (Å²) in [7, 11) is 0. The molecule has 0 aromatic heterocycles. The minimum atomic E-state index is -0.520. The maximum absolute atomic E-state index is 12.0. The van der Waals surface area contributed by atoms with E-state index in [9.17, 15) is 9.90 Å². The number of aliphatic hydroxyl groups excluding tert-OH is 1. The highest BCUT2D eigenvalue weighted by Crippen LogP contribution is 2.14. The molecule has 0 amide bonds. The summed E-state index contributed by atoms with van der Waals surface area (Å²) in [5, 5.41) is 9.47. The molecule has 0 heterocycles. The summed E-state index contributed by atoms with van der Waals surface area (Å²) in [6, 6.07) is 0. The van der Waals surface area contributed by atoms with Crippen LogP contribution in [0.15, 0.2) is 0 Å². The van der Waals surface area contributed by atoms with Crippen LogP contribution in [0.1, 0.15) is 168 Å². The Labute approximate surface area is 219 Å². The molecule has 0 saturated heterocycles. The van der Waals surface area contributed by atoms with E-state index in [1.54, 1.807) is 0 Å². The molecule has 0 spiro atoms. The molecule has 0 aromatic carbocycles. The van der Waals surface area contributed by atoms with Crippen molar-refractivity contribution in [1.82, 2.24) is 0 Å². The van der Waals surface area contributed by atoms with Crippen molar-refractivity contribution in [3.05, 3.63) is 0 Å². The number of unbranched alkanes of at least 4 members (excludes halogenated alkanes) is 21. The number of esters is 1. The summed E-state index contributed by atoms with van der Waals surface area (Å²) in [5.41, 5.74) is 0. The molecule has 35 heavy (non-hydrogen) atoms. The van der Waals surface area contributed by atoms with Crippen molar-refractivity contribution in [2.24, 2.45) is 0 Å². The minimum Gasteiger partial charge on any atom is -0.457 e. The average Bonchev–Trinajstić information content (AvgIpc) is 2.86. The molecule has 0 fully saturated rings. The molecule has 0 bridgehead atoms. The van der Waals surface area contributed by atoms with Crippen LogP contribution >= 0.6 is 0 Å². The molecule has 0 radical (unpaired) electrons. The van der Waals surface area contributed by atoms with E-state index >= 15 is 0 Å². The molecular weight excluding hydrogens is 436 g/mol. The van der Waals surface area contributed by atoms with Crippen LogP contribution in [-0.2, 0) is 14.3 Å². The van der Waals surface area contributed by atoms with Gasteiger partial charge in [-0.3, -0.25) is 4.79 Å². The lowest BCUT2D eigenvalue weighted by atomic mass is 10.0. The Hall–Kier alpha value is -0.610. The van der Waals surface area contributed by atoms with Crippen molar-refractivity contribution in [3.8, 4) is 0 Å². The first-order valence-electron chi connectivity index (χ1n) is 15.6. The van der Waals surface area contributed by atoms with Crippen molar-refractivity contribution >= 4 is 5.97 Å². The number of hydrogen-bond donors (Lipinski definition) is 1. The number of carbonyl (C=O) groups excluding carboxylic acids is 1. The second-order valence-electron chi connectivity index (χ2n) is 10.5. The third kappa shape index (κ3) is 27.8. The molecule has 0 saturated carbocycles. The predicted octanol–water partition coefficient (Wildman–Crippen LogP) is 9.31. The van der Waals surface area contributed by atoms with Crippen LogP contribution in [0.2, 0.25) is 0 Å². The molecule has 210 valence electrons. The van der Waals surface area contributed by atoms with E-state index in [2.05, 4.69) is 13.8 Å². The Bertz CT molecular complexity index is 413. The SMILES string of the molecule is CCCCCCCCCCCCCCCCCC(=O)OC(CO)COCCCCCCCCCC. The third-order valence-corrected chi connectivity index (χ3v) is 6.93. The van der Waals surface area contributed by atoms with Crippen LogP contribution in [0, 0.1) is 0 Å². The zero-order valence-corrected chi connectivity index (χ0v) is 23.8. The molecule has 1 atom stereocenters. The molecule has 0 aliphatic rings. The smallest absolute Gasteiger partial charge is 0.306 e. The second kappa shape index (κ2) is 29.6. The van der Waals surface area contributed by atoms with Gasteiger partial charge in [0.05, 0.1) is 13.2 Å². The van der Waals surface area contributed by atoms with Crippen LogP contribution in [0.3, 0.4) is 0 Å². The lowest BCUT2D eigenvalue weighted by Gasteiger charge is -2.16. The standard InChI is InChI=1S/C31H62O4/c1-3-5-7-9-11-13-14-15-16-17-18-19-20-22-24-26-31(33)35-30(28-32)29-34-27-25-23-21-12-10-8-6-4-2/h30,32H,3-29H2,1-2H3. The summed E-state index contributed by atoms with van der Waals surface area (Å²) >= 11 is 0. The maximum atomic E-state index is 12.0. The summed E-state index contributed by atoms with van der Waals surface area (Å²) in [5.74, 6) is -0.200. The van der Waals surface area contributed by atoms with Crippen LogP contribution in [0.25, 0.3) is 0 Å². The van der Waals surface area contributed by atoms with Crippen molar-refractivity contribution in [2.75, 3.05) is 19.8 Å². The quantitative estimate of drug-likeness (QED) is 0.0824. The minimum absolute atomic E-state index is 0.165. The van der Waals surface area contributed by atoms with E-state index < -0.39 is 6.10 Å². The monoisotopic (exact) mass is 498 g/mol. The maximum Gasteiger partial charge on any atom is 0.306 e. The van der Waals surface area contributed by atoms with Gasteiger partial charge in [0, 0.05) is 13.0 Å². The van der Waals surface area contributed by atoms with Crippen LogP contribution in [0.4, 0.5) is 0 Å². The predicted molar refractivity (Wildman–Crippen MR) is 150 cm³/mol. The zero-order chi connectivity index (χ0) is 25.7. The number of carbonyl (C=O) groups is 1. The molecule has 0 aliphatic heterocycles. The lowest BCUT2D eigenvalue weighted by molar-refractivity contribution is -0.154. The number of hydrogen-bond acceptors (Lipinski definition) is 4. The van der Waals surface area contributed by atoms with Gasteiger partial charge in [-0.15, -0.1) is 0 Å². The first-order valence-corrected chi connectivity index (χ1v) is 15.6. The van der Waals surface area contributed by atoms with Gasteiger partial charge in [-0.1, -0.05) is 149 Å². The molecule has 1 unspecified atom stereocenters. The topological polar surface area (TPSA) is 55.8 Å². The van der Waals surface area contributed by atoms with Crippen molar-refractivity contribution in [1.29, 1.82) is 0 Å². The van der Waals surface area contributed by atoms with Crippen LogP contribution in [-0.4, -0.2) is 37.0 Å². The van der Waals surface area contributed by atoms with Crippen LogP contribution in [0.5, 0.6) is 0 Å². The van der Waals surface area contributed by atoms with E-state index in [0.29, 0.717) is 19.6 Å². The van der Waals surface area contributed by atoms with Gasteiger partial charge in [-0.25, -0.2) is 0 Å². The fourth-order valence-corrected chi connectivity index (χ4v) is 4.56. The fourth-order valence-electron chi connectivity index (χ4n) is 4.56. The number of rotatable bonds is 29. The highest BCUT2D eigenvalue weighted by Gasteiger charge is 2.13. The van der Waals surface area contributed by atoms with E-state index in [1.165, 1.54) is 128 Å². The summed E-state index contributed by atoms with van der Waals surface area (Å²) in [6.07, 6.45) is 29.8. The highest BCUT2D eigenvalue weighted by molar-refractivity contribution is 5.69. The second-order valence-corrected chi connectivity index (χ2v) is 10.5. The van der Waals surface area contributed by atoms with E-state index in [0.717, 1.165) is 19.3 Å². The van der Waals surface area contributed by atoms with Gasteiger partial charge in [0.1, 0.15) is 6.10 Å². The Morgan fingerprint density at radius 3 is 1.34 bits per heavy atom. The average molecular weight is 499 g/mol. The van der Waals surface area contributed by atoms with Gasteiger partial charge in [-0.05, 0) is 12.8 Å². The number of ether oxygens (including phenoxy) is 2. The largest absolute Gasteiger partial charge is 0.457 e. The van der Waals surface area contributed by atoms with Gasteiger partial charge in [0.25, 0.3) is 0 Å². The Balaban J connectivity index is 3.40. The Kier molecular flexibility index (Phi) is 29.1. The molecule has 0 rings (SSSR count). The van der Waals surface area contributed by atoms with Crippen LogP contribution < -0.4 is 0 Å². The molecule has 4 heteroatoms. The first kappa shape index (κ1) is 34.4.